The van der Waals surface area contributed by atoms with Crippen molar-refractivity contribution < 1.29 is 35.5 Å². The van der Waals surface area contributed by atoms with E-state index < -0.39 is 31.7 Å². The fourth-order valence-corrected chi connectivity index (χ4v) is 3.69. The van der Waals surface area contributed by atoms with Crippen molar-refractivity contribution in [2.75, 3.05) is 50.9 Å². The lowest BCUT2D eigenvalue weighted by molar-refractivity contribution is -0.123. The Bertz CT molecular complexity index is 601. The maximum atomic E-state index is 11.7. The van der Waals surface area contributed by atoms with Crippen LogP contribution >= 0.6 is 0 Å². The van der Waals surface area contributed by atoms with Gasteiger partial charge in [0, 0.05) is 26.2 Å². The number of hydrogen-bond acceptors (Lipinski definition) is 8. The van der Waals surface area contributed by atoms with Crippen molar-refractivity contribution >= 4 is 26.1 Å². The summed E-state index contributed by atoms with van der Waals surface area (Å²) >= 11 is 0. The van der Waals surface area contributed by atoms with Gasteiger partial charge >= 0.3 is 0 Å². The molecule has 27 heavy (non-hydrogen) atoms. The van der Waals surface area contributed by atoms with E-state index in [-0.39, 0.29) is 17.9 Å². The van der Waals surface area contributed by atoms with Gasteiger partial charge in [0.05, 0.1) is 30.8 Å². The summed E-state index contributed by atoms with van der Waals surface area (Å²) in [6, 6.07) is -0.385. The van der Waals surface area contributed by atoms with Crippen molar-refractivity contribution in [1.82, 2.24) is 10.2 Å². The maximum absolute atomic E-state index is 11.7. The first-order chi connectivity index (χ1) is 12.4. The van der Waals surface area contributed by atoms with Gasteiger partial charge in [0.25, 0.3) is 20.2 Å². The first kappa shape index (κ1) is 26.2. The number of ether oxygens (including phenoxy) is 1. The third-order valence-corrected chi connectivity index (χ3v) is 5.69. The number of amides is 1. The first-order valence-corrected chi connectivity index (χ1v) is 11.8. The Hall–Kier alpha value is -0.830. The van der Waals surface area contributed by atoms with Crippen LogP contribution in [0.3, 0.4) is 0 Å². The highest BCUT2D eigenvalue weighted by Gasteiger charge is 2.19. The quantitative estimate of drug-likeness (QED) is 0.315. The van der Waals surface area contributed by atoms with Crippen molar-refractivity contribution in [2.24, 2.45) is 11.7 Å². The molecule has 1 saturated heterocycles. The fourth-order valence-electron chi connectivity index (χ4n) is 2.00. The zero-order valence-electron chi connectivity index (χ0n) is 15.7. The van der Waals surface area contributed by atoms with Gasteiger partial charge in [-0.25, -0.2) is 0 Å². The van der Waals surface area contributed by atoms with Crippen molar-refractivity contribution in [1.29, 1.82) is 0 Å². The second kappa shape index (κ2) is 12.6. The summed E-state index contributed by atoms with van der Waals surface area (Å²) < 4.78 is 60.6. The molecule has 162 valence electrons. The zero-order valence-corrected chi connectivity index (χ0v) is 17.3. The second-order valence-corrected chi connectivity index (χ2v) is 9.37. The Balaban J connectivity index is 0.000000580. The third kappa shape index (κ3) is 14.8. The van der Waals surface area contributed by atoms with E-state index in [0.717, 1.165) is 39.3 Å². The van der Waals surface area contributed by atoms with Crippen molar-refractivity contribution in [3.05, 3.63) is 0 Å². The van der Waals surface area contributed by atoms with Gasteiger partial charge in [-0.1, -0.05) is 20.3 Å². The van der Waals surface area contributed by atoms with Crippen LogP contribution in [-0.2, 0) is 29.8 Å². The Morgan fingerprint density at radius 1 is 1.15 bits per heavy atom. The predicted molar refractivity (Wildman–Crippen MR) is 101 cm³/mol. The van der Waals surface area contributed by atoms with Gasteiger partial charge in [0.2, 0.25) is 5.91 Å². The van der Waals surface area contributed by atoms with Gasteiger partial charge in [0.15, 0.2) is 0 Å². The number of carbonyl (C=O) groups excluding carboxylic acids is 1. The van der Waals surface area contributed by atoms with Crippen LogP contribution in [0.15, 0.2) is 0 Å². The minimum atomic E-state index is -4.30. The summed E-state index contributed by atoms with van der Waals surface area (Å²) in [6.07, 6.45) is 0.929. The Morgan fingerprint density at radius 3 is 2.04 bits per heavy atom. The van der Waals surface area contributed by atoms with Crippen LogP contribution in [0.5, 0.6) is 0 Å². The minimum Gasteiger partial charge on any atom is -0.379 e. The number of nitrogens with one attached hydrogen (secondary N) is 1. The van der Waals surface area contributed by atoms with E-state index in [4.69, 9.17) is 19.6 Å². The molecule has 1 heterocycles. The molecule has 0 bridgehead atoms. The molecule has 0 radical (unpaired) electrons. The predicted octanol–water partition coefficient (Wildman–Crippen LogP) is -1.43. The van der Waals surface area contributed by atoms with Gasteiger partial charge < -0.3 is 15.8 Å². The zero-order chi connectivity index (χ0) is 21.1. The monoisotopic (exact) mass is 433 g/mol. The van der Waals surface area contributed by atoms with Crippen LogP contribution in [0.1, 0.15) is 20.3 Å². The summed E-state index contributed by atoms with van der Waals surface area (Å²) in [6.45, 7) is 9.09. The van der Waals surface area contributed by atoms with Crippen molar-refractivity contribution in [3.8, 4) is 0 Å². The van der Waals surface area contributed by atoms with Crippen LogP contribution in [0.2, 0.25) is 0 Å². The van der Waals surface area contributed by atoms with E-state index >= 15 is 0 Å². The SMILES string of the molecule is CCC(C)C(N)C(=O)NCCN1CCOCC1.O=S(=O)(O)CCS(=O)(=O)O. The lowest BCUT2D eigenvalue weighted by Crippen LogP contribution is -2.47. The summed E-state index contributed by atoms with van der Waals surface area (Å²) in [4.78, 5) is 14.0. The molecular weight excluding hydrogens is 402 g/mol. The van der Waals surface area contributed by atoms with Crippen LogP contribution in [0, 0.1) is 5.92 Å². The summed E-state index contributed by atoms with van der Waals surface area (Å²) in [5, 5.41) is 2.90. The van der Waals surface area contributed by atoms with E-state index in [1.54, 1.807) is 0 Å². The molecule has 1 rings (SSSR count). The molecule has 13 heteroatoms. The second-order valence-electron chi connectivity index (χ2n) is 6.23. The molecule has 1 aliphatic heterocycles. The molecule has 0 aromatic heterocycles. The Kier molecular flexibility index (Phi) is 12.2. The number of carbonyl (C=O) groups is 1. The normalized spacial score (nSPS) is 18.1. The number of nitrogens with two attached hydrogens (primary N) is 1. The summed E-state index contributed by atoms with van der Waals surface area (Å²) in [7, 11) is -8.59. The molecule has 0 aliphatic carbocycles. The minimum absolute atomic E-state index is 0.0346. The van der Waals surface area contributed by atoms with Crippen LogP contribution in [0.4, 0.5) is 0 Å². The fraction of sp³-hybridized carbons (Fsp3) is 0.929. The highest BCUT2D eigenvalue weighted by atomic mass is 32.2. The molecule has 2 unspecified atom stereocenters. The molecule has 0 saturated carbocycles. The highest BCUT2D eigenvalue weighted by molar-refractivity contribution is 7.89. The summed E-state index contributed by atoms with van der Waals surface area (Å²) in [5.74, 6) is -1.76. The third-order valence-electron chi connectivity index (χ3n) is 3.99. The smallest absolute Gasteiger partial charge is 0.265 e. The maximum Gasteiger partial charge on any atom is 0.265 e. The van der Waals surface area contributed by atoms with Gasteiger partial charge in [0.1, 0.15) is 0 Å². The molecule has 0 aromatic carbocycles. The molecule has 0 aromatic rings. The van der Waals surface area contributed by atoms with Crippen LogP contribution in [-0.4, -0.2) is 93.7 Å². The van der Waals surface area contributed by atoms with E-state index in [0.29, 0.717) is 6.54 Å². The van der Waals surface area contributed by atoms with Crippen molar-refractivity contribution in [3.63, 3.8) is 0 Å². The number of hydrogen-bond donors (Lipinski definition) is 4. The molecule has 5 N–H and O–H groups in total. The number of morpholine rings is 1. The lowest BCUT2D eigenvalue weighted by Gasteiger charge is -2.27. The average molecular weight is 434 g/mol. The largest absolute Gasteiger partial charge is 0.379 e. The van der Waals surface area contributed by atoms with Gasteiger partial charge in [-0.15, -0.1) is 0 Å². The first-order valence-electron chi connectivity index (χ1n) is 8.59. The van der Waals surface area contributed by atoms with Crippen molar-refractivity contribution in [2.45, 2.75) is 26.3 Å². The molecule has 1 aliphatic rings. The molecule has 0 spiro atoms. The van der Waals surface area contributed by atoms with Gasteiger partial charge in [-0.05, 0) is 5.92 Å². The Morgan fingerprint density at radius 2 is 1.63 bits per heavy atom. The van der Waals surface area contributed by atoms with Gasteiger partial charge in [-0.2, -0.15) is 16.8 Å². The number of nitrogens with zero attached hydrogens (tertiary/aromatic N) is 1. The molecule has 2 atom stereocenters. The van der Waals surface area contributed by atoms with Gasteiger partial charge in [-0.3, -0.25) is 18.8 Å². The summed E-state index contributed by atoms with van der Waals surface area (Å²) in [5.41, 5.74) is 5.84. The Labute approximate surface area is 161 Å². The van der Waals surface area contributed by atoms with Crippen LogP contribution in [0.25, 0.3) is 0 Å². The highest BCUT2D eigenvalue weighted by Crippen LogP contribution is 2.04. The van der Waals surface area contributed by atoms with E-state index in [1.165, 1.54) is 0 Å². The number of rotatable bonds is 9. The standard InChI is InChI=1S/C12H25N3O2.C2H6O6S2/c1-3-10(2)11(13)12(16)14-4-5-15-6-8-17-9-7-15;3-9(4,5)1-2-10(6,7)8/h10-11H,3-9,13H2,1-2H3,(H,14,16);1-2H2,(H,3,4,5)(H,6,7,8). The molecule has 1 amide bonds. The van der Waals surface area contributed by atoms with E-state index in [2.05, 4.69) is 10.2 Å². The van der Waals surface area contributed by atoms with E-state index in [9.17, 15) is 21.6 Å². The molecule has 1 fully saturated rings. The van der Waals surface area contributed by atoms with E-state index in [1.807, 2.05) is 13.8 Å². The molecular formula is C14H31N3O8S2. The molecule has 11 nitrogen and oxygen atoms in total. The van der Waals surface area contributed by atoms with Crippen LogP contribution < -0.4 is 11.1 Å². The lowest BCUT2D eigenvalue weighted by atomic mass is 9.99. The topological polar surface area (TPSA) is 176 Å². The average Bonchev–Trinajstić information content (AvgIpc) is 2.59.